The van der Waals surface area contributed by atoms with Gasteiger partial charge in [0.25, 0.3) is 0 Å². The molecule has 0 aromatic carbocycles. The molecule has 1 heterocycles. The lowest BCUT2D eigenvalue weighted by molar-refractivity contribution is -0.305. The predicted molar refractivity (Wildman–Crippen MR) is 293 cm³/mol. The van der Waals surface area contributed by atoms with Crippen molar-refractivity contribution in [3.8, 4) is 0 Å². The first-order valence-corrected chi connectivity index (χ1v) is 29.7. The van der Waals surface area contributed by atoms with Crippen LogP contribution in [0, 0.1) is 0 Å². The minimum atomic E-state index is -1.54. The molecule has 70 heavy (non-hydrogen) atoms. The standard InChI is InChI=1S/C61H112O9/c1-3-5-7-9-11-13-15-17-19-21-23-25-27-28-29-30-32-34-36-38-40-42-44-46-48-50-57(63)69-55(54-68-61-60(66)59(65)58(64)56(52-62)70-61)53-67-51-49-47-45-43-41-39-37-35-33-31-26-24-22-20-18-16-14-12-10-8-6-4-2/h5,7,11,13,17,19,23,25,55-56,58-62,64-66H,3-4,6,8-10,12,14-16,18,20-22,24,26-54H2,1-2H3/b7-5-,13-11-,19-17-,25-23-. The molecule has 9 heteroatoms. The highest BCUT2D eigenvalue weighted by molar-refractivity contribution is 5.69. The molecule has 410 valence electrons. The predicted octanol–water partition coefficient (Wildman–Crippen LogP) is 15.6. The van der Waals surface area contributed by atoms with E-state index in [9.17, 15) is 25.2 Å². The zero-order valence-electron chi connectivity index (χ0n) is 45.5. The van der Waals surface area contributed by atoms with E-state index in [1.165, 1.54) is 193 Å². The molecule has 0 aromatic heterocycles. The van der Waals surface area contributed by atoms with Crippen molar-refractivity contribution in [3.63, 3.8) is 0 Å². The zero-order chi connectivity index (χ0) is 50.6. The molecular formula is C61H112O9. The first-order valence-electron chi connectivity index (χ1n) is 29.7. The Bertz CT molecular complexity index is 1220. The van der Waals surface area contributed by atoms with Gasteiger partial charge in [0.15, 0.2) is 6.29 Å². The van der Waals surface area contributed by atoms with Gasteiger partial charge in [0.1, 0.15) is 30.5 Å². The maximum Gasteiger partial charge on any atom is 0.306 e. The maximum atomic E-state index is 12.9. The van der Waals surface area contributed by atoms with Crippen LogP contribution in [-0.4, -0.2) is 89.6 Å². The second-order valence-electron chi connectivity index (χ2n) is 20.4. The molecule has 6 atom stereocenters. The topological polar surface area (TPSA) is 135 Å². The Kier molecular flexibility index (Phi) is 49.2. The Morgan fingerprint density at radius 2 is 0.871 bits per heavy atom. The van der Waals surface area contributed by atoms with Gasteiger partial charge in [-0.25, -0.2) is 0 Å². The van der Waals surface area contributed by atoms with Crippen LogP contribution >= 0.6 is 0 Å². The Labute approximate surface area is 431 Å². The van der Waals surface area contributed by atoms with E-state index in [0.29, 0.717) is 13.0 Å². The summed E-state index contributed by atoms with van der Waals surface area (Å²) in [5, 5.41) is 40.4. The number of aliphatic hydroxyl groups is 4. The van der Waals surface area contributed by atoms with Crippen LogP contribution in [0.5, 0.6) is 0 Å². The number of hydrogen-bond donors (Lipinski definition) is 4. The Hall–Kier alpha value is -1.85. The molecule has 1 fully saturated rings. The minimum Gasteiger partial charge on any atom is -0.457 e. The fraction of sp³-hybridized carbons (Fsp3) is 0.852. The molecule has 0 saturated carbocycles. The fourth-order valence-electron chi connectivity index (χ4n) is 9.19. The van der Waals surface area contributed by atoms with E-state index < -0.39 is 43.4 Å². The van der Waals surface area contributed by atoms with Crippen LogP contribution < -0.4 is 0 Å². The summed E-state index contributed by atoms with van der Waals surface area (Å²) >= 11 is 0. The van der Waals surface area contributed by atoms with Crippen molar-refractivity contribution >= 4 is 5.97 Å². The number of rotatable bonds is 52. The highest BCUT2D eigenvalue weighted by atomic mass is 16.7. The third kappa shape index (κ3) is 41.6. The smallest absolute Gasteiger partial charge is 0.306 e. The molecule has 0 radical (unpaired) electrons. The van der Waals surface area contributed by atoms with Gasteiger partial charge in [-0.3, -0.25) is 4.79 Å². The Morgan fingerprint density at radius 1 is 0.471 bits per heavy atom. The summed E-state index contributed by atoms with van der Waals surface area (Å²) in [4.78, 5) is 12.9. The van der Waals surface area contributed by atoms with Gasteiger partial charge in [0.2, 0.25) is 0 Å². The van der Waals surface area contributed by atoms with E-state index in [1.807, 2.05) is 0 Å². The molecular weight excluding hydrogens is 877 g/mol. The second-order valence-corrected chi connectivity index (χ2v) is 20.4. The molecule has 6 unspecified atom stereocenters. The van der Waals surface area contributed by atoms with E-state index in [-0.39, 0.29) is 19.2 Å². The summed E-state index contributed by atoms with van der Waals surface area (Å²) in [7, 11) is 0. The number of hydrogen-bond acceptors (Lipinski definition) is 9. The van der Waals surface area contributed by atoms with Crippen LogP contribution in [0.1, 0.15) is 271 Å². The average molecular weight is 990 g/mol. The number of allylic oxidation sites excluding steroid dienone is 8. The lowest BCUT2D eigenvalue weighted by Crippen LogP contribution is -2.59. The van der Waals surface area contributed by atoms with Gasteiger partial charge in [0, 0.05) is 13.0 Å². The monoisotopic (exact) mass is 989 g/mol. The van der Waals surface area contributed by atoms with Gasteiger partial charge < -0.3 is 39.4 Å². The van der Waals surface area contributed by atoms with Crippen molar-refractivity contribution in [3.05, 3.63) is 48.6 Å². The van der Waals surface area contributed by atoms with Crippen LogP contribution in [-0.2, 0) is 23.7 Å². The molecule has 0 aliphatic carbocycles. The number of aliphatic hydroxyl groups excluding tert-OH is 4. The third-order valence-corrected chi connectivity index (χ3v) is 13.8. The van der Waals surface area contributed by atoms with E-state index in [0.717, 1.165) is 57.8 Å². The Morgan fingerprint density at radius 3 is 1.31 bits per heavy atom. The van der Waals surface area contributed by atoms with Gasteiger partial charge in [-0.15, -0.1) is 0 Å². The van der Waals surface area contributed by atoms with Gasteiger partial charge in [-0.2, -0.15) is 0 Å². The van der Waals surface area contributed by atoms with Crippen molar-refractivity contribution in [2.24, 2.45) is 0 Å². The van der Waals surface area contributed by atoms with Gasteiger partial charge in [0.05, 0.1) is 19.8 Å². The highest BCUT2D eigenvalue weighted by Gasteiger charge is 2.44. The third-order valence-electron chi connectivity index (χ3n) is 13.8. The first kappa shape index (κ1) is 66.2. The van der Waals surface area contributed by atoms with E-state index >= 15 is 0 Å². The lowest BCUT2D eigenvalue weighted by Gasteiger charge is -2.39. The molecule has 1 rings (SSSR count). The second kappa shape index (κ2) is 52.0. The number of ether oxygens (including phenoxy) is 4. The highest BCUT2D eigenvalue weighted by Crippen LogP contribution is 2.23. The van der Waals surface area contributed by atoms with Gasteiger partial charge in [-0.1, -0.05) is 262 Å². The molecule has 0 aromatic rings. The van der Waals surface area contributed by atoms with E-state index in [1.54, 1.807) is 0 Å². The van der Waals surface area contributed by atoms with Crippen LogP contribution in [0.15, 0.2) is 48.6 Å². The molecule has 4 N–H and O–H groups in total. The van der Waals surface area contributed by atoms with Crippen LogP contribution in [0.2, 0.25) is 0 Å². The molecule has 9 nitrogen and oxygen atoms in total. The summed E-state index contributed by atoms with van der Waals surface area (Å²) < 4.78 is 23.0. The number of unbranched alkanes of at least 4 members (excludes halogenated alkanes) is 33. The fourth-order valence-corrected chi connectivity index (χ4v) is 9.19. The summed E-state index contributed by atoms with van der Waals surface area (Å²) in [5.41, 5.74) is 0. The molecule has 0 bridgehead atoms. The average Bonchev–Trinajstić information content (AvgIpc) is 3.36. The SMILES string of the molecule is CC/C=C\C/C=C\C/C=C\C/C=C\CCCCCCCCCCCCCCC(=O)OC(COCCCCCCCCCCCCCCCCCCCCCCCC)COC1OC(CO)C(O)C(O)C1O. The summed E-state index contributed by atoms with van der Waals surface area (Å²) in [6.07, 6.45) is 60.2. The largest absolute Gasteiger partial charge is 0.457 e. The summed E-state index contributed by atoms with van der Waals surface area (Å²) in [6.45, 7) is 4.50. The summed E-state index contributed by atoms with van der Waals surface area (Å²) in [5.74, 6) is -0.311. The minimum absolute atomic E-state index is 0.111. The molecule has 0 spiro atoms. The zero-order valence-corrected chi connectivity index (χ0v) is 45.5. The number of carbonyl (C=O) groups excluding carboxylic acids is 1. The van der Waals surface area contributed by atoms with Crippen molar-refractivity contribution < 1.29 is 44.2 Å². The van der Waals surface area contributed by atoms with E-state index in [4.69, 9.17) is 18.9 Å². The van der Waals surface area contributed by atoms with Crippen LogP contribution in [0.3, 0.4) is 0 Å². The summed E-state index contributed by atoms with van der Waals surface area (Å²) in [6, 6.07) is 0. The lowest BCUT2D eigenvalue weighted by atomic mass is 9.99. The molecule has 0 amide bonds. The number of esters is 1. The van der Waals surface area contributed by atoms with Crippen molar-refractivity contribution in [2.45, 2.75) is 307 Å². The van der Waals surface area contributed by atoms with Crippen molar-refractivity contribution in [2.75, 3.05) is 26.4 Å². The van der Waals surface area contributed by atoms with Gasteiger partial charge >= 0.3 is 5.97 Å². The maximum absolute atomic E-state index is 12.9. The molecule has 1 aliphatic heterocycles. The quantitative estimate of drug-likeness (QED) is 0.0267. The van der Waals surface area contributed by atoms with Crippen LogP contribution in [0.25, 0.3) is 0 Å². The normalized spacial score (nSPS) is 19.2. The van der Waals surface area contributed by atoms with E-state index in [2.05, 4.69) is 62.5 Å². The Balaban J connectivity index is 2.13. The van der Waals surface area contributed by atoms with Gasteiger partial charge in [-0.05, 0) is 51.4 Å². The molecule has 1 saturated heterocycles. The van der Waals surface area contributed by atoms with Crippen LogP contribution in [0.4, 0.5) is 0 Å². The first-order chi connectivity index (χ1) is 34.4. The van der Waals surface area contributed by atoms with Crippen molar-refractivity contribution in [1.82, 2.24) is 0 Å². The molecule has 1 aliphatic rings. The number of carbonyl (C=O) groups is 1. The van der Waals surface area contributed by atoms with Crippen molar-refractivity contribution in [1.29, 1.82) is 0 Å².